The van der Waals surface area contributed by atoms with E-state index in [0.717, 1.165) is 10.4 Å². The minimum Gasteiger partial charge on any atom is -0.459 e. The lowest BCUT2D eigenvalue weighted by atomic mass is 9.97. The van der Waals surface area contributed by atoms with Gasteiger partial charge in [-0.2, -0.15) is 0 Å². The van der Waals surface area contributed by atoms with Crippen molar-refractivity contribution in [1.29, 1.82) is 0 Å². The van der Waals surface area contributed by atoms with Gasteiger partial charge in [0.05, 0.1) is 35.0 Å². The average Bonchev–Trinajstić information content (AvgIpc) is 3.86. The fourth-order valence-electron chi connectivity index (χ4n) is 9.71. The molecule has 1 aromatic heterocycles. The van der Waals surface area contributed by atoms with Crippen LogP contribution in [0, 0.1) is 6.92 Å². The van der Waals surface area contributed by atoms with Crippen LogP contribution in [0.3, 0.4) is 0 Å². The fraction of sp³-hybridized carbons (Fsp3) is 0.267. The van der Waals surface area contributed by atoms with Gasteiger partial charge in [-0.1, -0.05) is 154 Å². The molecule has 0 amide bonds. The van der Waals surface area contributed by atoms with E-state index in [1.165, 1.54) is 47.2 Å². The third kappa shape index (κ3) is 12.1. The van der Waals surface area contributed by atoms with E-state index in [0.29, 0.717) is 0 Å². The first kappa shape index (κ1) is 53.8. The first-order valence-electron chi connectivity index (χ1n) is 25.2. The SMILES string of the molecule is Cc1cn([C@H]2C[C@H](O[Si](c3ccccc3)(c3ccccc3)C(C)(C)C)[C@@H](CO[C@@H]3O[C@H](COC(=O)c4ccccc4)[C@H](OC(=O)c4ccccc4)[C@H](OC(=O)c4ccccc4)[C@H]3OC(=O)c3ccccc3)O2)c(=O)[nH]c1=O. The van der Waals surface area contributed by atoms with E-state index in [1.807, 2.05) is 60.7 Å². The molecule has 0 bridgehead atoms. The van der Waals surface area contributed by atoms with Crippen LogP contribution in [0.2, 0.25) is 5.04 Å². The number of carbonyl (C=O) groups is 4. The quantitative estimate of drug-likeness (QED) is 0.0540. The molecule has 0 spiro atoms. The Balaban J connectivity index is 1.14. The van der Waals surface area contributed by atoms with Gasteiger partial charge in [0.1, 0.15) is 25.0 Å². The van der Waals surface area contributed by atoms with Gasteiger partial charge in [-0.05, 0) is 70.9 Å². The van der Waals surface area contributed by atoms with Crippen LogP contribution >= 0.6 is 0 Å². The molecule has 16 nitrogen and oxygen atoms in total. The number of nitrogens with zero attached hydrogens (tertiary/aromatic N) is 1. The highest BCUT2D eigenvalue weighted by Crippen LogP contribution is 2.42. The summed E-state index contributed by atoms with van der Waals surface area (Å²) >= 11 is 0. The van der Waals surface area contributed by atoms with Gasteiger partial charge in [-0.25, -0.2) is 24.0 Å². The van der Waals surface area contributed by atoms with E-state index in [-0.39, 0.29) is 40.8 Å². The molecule has 7 aromatic rings. The highest BCUT2D eigenvalue weighted by Gasteiger charge is 2.56. The molecule has 3 heterocycles. The van der Waals surface area contributed by atoms with E-state index < -0.39 is 104 Å². The molecule has 396 valence electrons. The zero-order valence-corrected chi connectivity index (χ0v) is 43.8. The van der Waals surface area contributed by atoms with Gasteiger partial charge < -0.3 is 37.6 Å². The lowest BCUT2D eigenvalue weighted by Gasteiger charge is -2.46. The molecule has 2 aliphatic heterocycles. The number of esters is 4. The summed E-state index contributed by atoms with van der Waals surface area (Å²) in [5, 5.41) is 1.42. The Kier molecular flexibility index (Phi) is 16.7. The maximum atomic E-state index is 14.3. The van der Waals surface area contributed by atoms with Crippen LogP contribution in [-0.4, -0.2) is 97.9 Å². The van der Waals surface area contributed by atoms with E-state index in [4.69, 9.17) is 37.6 Å². The lowest BCUT2D eigenvalue weighted by Crippen LogP contribution is -2.68. The fourth-order valence-corrected chi connectivity index (χ4v) is 14.4. The molecule has 0 radical (unpaired) electrons. The molecule has 0 aliphatic carbocycles. The Morgan fingerprint density at radius 2 is 0.987 bits per heavy atom. The van der Waals surface area contributed by atoms with E-state index in [9.17, 15) is 28.8 Å². The first-order valence-corrected chi connectivity index (χ1v) is 27.1. The van der Waals surface area contributed by atoms with Crippen LogP contribution in [-0.2, 0) is 37.6 Å². The lowest BCUT2D eigenvalue weighted by molar-refractivity contribution is -0.303. The summed E-state index contributed by atoms with van der Waals surface area (Å²) in [7, 11) is -3.37. The predicted molar refractivity (Wildman–Crippen MR) is 285 cm³/mol. The highest BCUT2D eigenvalue weighted by molar-refractivity contribution is 6.99. The van der Waals surface area contributed by atoms with Crippen molar-refractivity contribution >= 4 is 42.6 Å². The largest absolute Gasteiger partial charge is 0.459 e. The van der Waals surface area contributed by atoms with E-state index >= 15 is 0 Å². The molecule has 9 rings (SSSR count). The van der Waals surface area contributed by atoms with Crippen LogP contribution in [0.1, 0.15) is 80.4 Å². The molecule has 2 aliphatic rings. The van der Waals surface area contributed by atoms with Crippen molar-refractivity contribution in [2.45, 2.75) is 88.3 Å². The molecule has 2 fully saturated rings. The topological polar surface area (TPSA) is 197 Å². The van der Waals surface area contributed by atoms with Crippen molar-refractivity contribution in [3.05, 3.63) is 237 Å². The second kappa shape index (κ2) is 23.9. The molecular formula is C60H58N2O14Si. The zero-order valence-electron chi connectivity index (χ0n) is 42.8. The minimum absolute atomic E-state index is 0.106. The summed E-state index contributed by atoms with van der Waals surface area (Å²) in [6, 6.07) is 52.3. The number of carbonyl (C=O) groups excluding carboxylic acids is 4. The van der Waals surface area contributed by atoms with Crippen LogP contribution in [0.15, 0.2) is 198 Å². The van der Waals surface area contributed by atoms with Gasteiger partial charge in [0, 0.05) is 18.2 Å². The summed E-state index contributed by atoms with van der Waals surface area (Å²) < 4.78 is 54.0. The summed E-state index contributed by atoms with van der Waals surface area (Å²) in [6.45, 7) is 7.00. The minimum atomic E-state index is -3.37. The predicted octanol–water partition coefficient (Wildman–Crippen LogP) is 7.35. The number of ether oxygens (including phenoxy) is 7. The molecule has 0 saturated carbocycles. The monoisotopic (exact) mass is 1060 g/mol. The van der Waals surface area contributed by atoms with Gasteiger partial charge in [0.15, 0.2) is 24.6 Å². The van der Waals surface area contributed by atoms with Gasteiger partial charge in [0.2, 0.25) is 0 Å². The molecule has 17 heteroatoms. The Hall–Kier alpha value is -8.06. The molecule has 2 saturated heterocycles. The zero-order chi connectivity index (χ0) is 54.1. The summed E-state index contributed by atoms with van der Waals surface area (Å²) in [5.41, 5.74) is -0.389. The molecule has 1 N–H and O–H groups in total. The number of aromatic nitrogens is 2. The summed E-state index contributed by atoms with van der Waals surface area (Å²) in [6.07, 6.45) is -9.38. The number of hydrogen-bond acceptors (Lipinski definition) is 14. The van der Waals surface area contributed by atoms with Gasteiger partial charge >= 0.3 is 29.6 Å². The number of H-pyrrole nitrogens is 1. The van der Waals surface area contributed by atoms with Crippen molar-refractivity contribution in [3.63, 3.8) is 0 Å². The van der Waals surface area contributed by atoms with Crippen LogP contribution < -0.4 is 21.6 Å². The normalized spacial score (nSPS) is 21.4. The van der Waals surface area contributed by atoms with Crippen molar-refractivity contribution in [2.24, 2.45) is 0 Å². The number of hydrogen-bond donors (Lipinski definition) is 1. The average molecular weight is 1060 g/mol. The van der Waals surface area contributed by atoms with Gasteiger partial charge in [0.25, 0.3) is 13.9 Å². The van der Waals surface area contributed by atoms with Crippen LogP contribution in [0.4, 0.5) is 0 Å². The van der Waals surface area contributed by atoms with Crippen molar-refractivity contribution in [1.82, 2.24) is 9.55 Å². The third-order valence-corrected chi connectivity index (χ3v) is 18.6. The van der Waals surface area contributed by atoms with E-state index in [1.54, 1.807) is 91.9 Å². The van der Waals surface area contributed by atoms with E-state index in [2.05, 4.69) is 25.8 Å². The van der Waals surface area contributed by atoms with Gasteiger partial charge in [-0.15, -0.1) is 0 Å². The van der Waals surface area contributed by atoms with Gasteiger partial charge in [-0.3, -0.25) is 14.3 Å². The molecular weight excluding hydrogens is 1000 g/mol. The maximum absolute atomic E-state index is 14.3. The number of rotatable bonds is 17. The number of aryl methyl sites for hydroxylation is 1. The van der Waals surface area contributed by atoms with Crippen LogP contribution in [0.25, 0.3) is 0 Å². The second-order valence-corrected chi connectivity index (χ2v) is 24.0. The number of aromatic amines is 1. The first-order chi connectivity index (χ1) is 37.2. The number of benzene rings is 6. The number of nitrogens with one attached hydrogen (secondary N) is 1. The smallest absolute Gasteiger partial charge is 0.338 e. The Labute approximate surface area is 445 Å². The molecule has 0 unspecified atom stereocenters. The van der Waals surface area contributed by atoms with Crippen molar-refractivity contribution in [2.75, 3.05) is 13.2 Å². The maximum Gasteiger partial charge on any atom is 0.338 e. The summed E-state index contributed by atoms with van der Waals surface area (Å²) in [5.74, 6) is -3.33. The Morgan fingerprint density at radius 1 is 0.558 bits per heavy atom. The summed E-state index contributed by atoms with van der Waals surface area (Å²) in [4.78, 5) is 85.1. The molecule has 6 aromatic carbocycles. The second-order valence-electron chi connectivity index (χ2n) is 19.7. The van der Waals surface area contributed by atoms with Crippen molar-refractivity contribution in [3.8, 4) is 0 Å². The standard InChI is InChI=1S/C60H58N2O14Si/c1-39-36-62(59(68)61-53(39)63)49-35-46(76-77(60(2,3)4,44-31-19-9-20-32-44)45-33-21-10-22-34-45)47(71-49)37-70-58-52(75-57(67)43-29-17-8-18-30-43)51(74-56(66)42-27-15-7-16-28-42)50(73-55(65)41-25-13-6-14-26-41)48(72-58)38-69-54(64)40-23-11-5-12-24-40/h5-34,36,46-52,58H,35,37-38H2,1-4H3,(H,61,63,68)/t46-,47+,48+,49+,50-,51-,52+,58+/m0/s1. The Morgan fingerprint density at radius 3 is 1.45 bits per heavy atom. The highest BCUT2D eigenvalue weighted by atomic mass is 28.4. The van der Waals surface area contributed by atoms with Crippen molar-refractivity contribution < 1.29 is 56.8 Å². The Bertz CT molecular complexity index is 3210. The molecule has 77 heavy (non-hydrogen) atoms. The molecule has 8 atom stereocenters. The van der Waals surface area contributed by atoms with Crippen LogP contribution in [0.5, 0.6) is 0 Å². The third-order valence-electron chi connectivity index (χ3n) is 13.5.